The third kappa shape index (κ3) is 6.29. The van der Waals surface area contributed by atoms with E-state index in [1.807, 2.05) is 63.1 Å². The number of halogens is 1. The number of hydrogen-bond acceptors (Lipinski definition) is 5. The highest BCUT2D eigenvalue weighted by Crippen LogP contribution is 2.30. The Balaban J connectivity index is 1.45. The van der Waals surface area contributed by atoms with Crippen LogP contribution >= 0.6 is 11.6 Å². The lowest BCUT2D eigenvalue weighted by molar-refractivity contribution is -0.0707. The molecule has 38 heavy (non-hydrogen) atoms. The predicted octanol–water partition coefficient (Wildman–Crippen LogP) is 6.99. The molecule has 0 spiro atoms. The number of anilines is 1. The van der Waals surface area contributed by atoms with Gasteiger partial charge in [-0.1, -0.05) is 18.2 Å². The van der Waals surface area contributed by atoms with Gasteiger partial charge in [0, 0.05) is 42.9 Å². The topological polar surface area (TPSA) is 46.9 Å². The molecule has 4 rings (SSSR count). The SMILES string of the molecule is C=C(/C(Cl)=C\C=C(/C)N1CCC(OC2CCC2)CC1)N(C)c1ccc2c(c1)cc(OCC)c(=O)n2C(C)C. The summed E-state index contributed by atoms with van der Waals surface area (Å²) in [6.45, 7) is 14.7. The van der Waals surface area contributed by atoms with Crippen molar-refractivity contribution < 1.29 is 9.47 Å². The molecule has 206 valence electrons. The number of nitrogens with zero attached hydrogens (tertiary/aromatic N) is 3. The minimum atomic E-state index is -0.108. The third-order valence-electron chi connectivity index (χ3n) is 7.72. The summed E-state index contributed by atoms with van der Waals surface area (Å²) in [6, 6.07) is 7.85. The van der Waals surface area contributed by atoms with Gasteiger partial charge < -0.3 is 23.8 Å². The quantitative estimate of drug-likeness (QED) is 0.304. The first-order chi connectivity index (χ1) is 18.2. The summed E-state index contributed by atoms with van der Waals surface area (Å²) in [6.07, 6.45) is 10.8. The number of likely N-dealkylation sites (N-methyl/N-ethyl adjacent to an activating group) is 1. The number of allylic oxidation sites excluding steroid dienone is 4. The minimum Gasteiger partial charge on any atom is -0.488 e. The third-order valence-corrected chi connectivity index (χ3v) is 8.06. The van der Waals surface area contributed by atoms with Crippen molar-refractivity contribution in [2.24, 2.45) is 0 Å². The van der Waals surface area contributed by atoms with Gasteiger partial charge in [-0.25, -0.2) is 0 Å². The molecule has 2 aromatic rings. The largest absolute Gasteiger partial charge is 0.488 e. The molecule has 0 atom stereocenters. The molecule has 0 unspecified atom stereocenters. The molecule has 0 N–H and O–H groups in total. The fraction of sp³-hybridized carbons (Fsp3) is 0.516. The molecule has 1 aliphatic carbocycles. The number of piperidine rings is 1. The highest BCUT2D eigenvalue weighted by atomic mass is 35.5. The van der Waals surface area contributed by atoms with Gasteiger partial charge in [0.1, 0.15) is 0 Å². The lowest BCUT2D eigenvalue weighted by Crippen LogP contribution is -2.38. The van der Waals surface area contributed by atoms with Crippen LogP contribution in [0.5, 0.6) is 5.75 Å². The van der Waals surface area contributed by atoms with Gasteiger partial charge in [0.05, 0.1) is 35.1 Å². The number of likely N-dealkylation sites (tertiary alicyclic amines) is 1. The Morgan fingerprint density at radius 1 is 1.16 bits per heavy atom. The van der Waals surface area contributed by atoms with Crippen molar-refractivity contribution in [3.05, 3.63) is 69.8 Å². The Labute approximate surface area is 232 Å². The lowest BCUT2D eigenvalue weighted by Gasteiger charge is -2.37. The maximum absolute atomic E-state index is 12.9. The molecule has 1 saturated carbocycles. The zero-order chi connectivity index (χ0) is 27.4. The van der Waals surface area contributed by atoms with Gasteiger partial charge in [0.15, 0.2) is 5.75 Å². The van der Waals surface area contributed by atoms with Crippen LogP contribution in [0.25, 0.3) is 10.9 Å². The highest BCUT2D eigenvalue weighted by Gasteiger charge is 2.26. The second-order valence-corrected chi connectivity index (χ2v) is 11.1. The Kier molecular flexibility index (Phi) is 9.27. The molecule has 0 radical (unpaired) electrons. The number of aromatic nitrogens is 1. The van der Waals surface area contributed by atoms with Gasteiger partial charge in [-0.05, 0) is 96.2 Å². The van der Waals surface area contributed by atoms with Gasteiger partial charge in [-0.15, -0.1) is 0 Å². The molecule has 2 fully saturated rings. The monoisotopic (exact) mass is 539 g/mol. The van der Waals surface area contributed by atoms with Gasteiger partial charge in [0.25, 0.3) is 5.56 Å². The van der Waals surface area contributed by atoms with Crippen LogP contribution in [-0.4, -0.2) is 48.4 Å². The van der Waals surface area contributed by atoms with E-state index in [-0.39, 0.29) is 11.6 Å². The second kappa shape index (κ2) is 12.4. The Morgan fingerprint density at radius 2 is 1.84 bits per heavy atom. The Morgan fingerprint density at radius 3 is 2.45 bits per heavy atom. The van der Waals surface area contributed by atoms with E-state index in [1.54, 1.807) is 4.57 Å². The van der Waals surface area contributed by atoms with E-state index >= 15 is 0 Å². The molecule has 1 aliphatic heterocycles. The lowest BCUT2D eigenvalue weighted by atomic mass is 9.95. The van der Waals surface area contributed by atoms with Crippen molar-refractivity contribution in [2.45, 2.75) is 78.0 Å². The minimum absolute atomic E-state index is 0.0115. The Bertz CT molecular complexity index is 1270. The number of pyridine rings is 1. The predicted molar refractivity (Wildman–Crippen MR) is 158 cm³/mol. The molecule has 1 aromatic carbocycles. The van der Waals surface area contributed by atoms with E-state index in [1.165, 1.54) is 25.0 Å². The molecule has 0 amide bonds. The maximum Gasteiger partial charge on any atom is 0.293 e. The molecule has 6 nitrogen and oxygen atoms in total. The maximum atomic E-state index is 12.9. The van der Waals surface area contributed by atoms with Crippen LogP contribution in [0.1, 0.15) is 65.8 Å². The molecule has 1 aromatic heterocycles. The van der Waals surface area contributed by atoms with Crippen LogP contribution in [0.3, 0.4) is 0 Å². The average molecular weight is 540 g/mol. The zero-order valence-electron chi connectivity index (χ0n) is 23.5. The van der Waals surface area contributed by atoms with Crippen LogP contribution in [0, 0.1) is 0 Å². The number of rotatable bonds is 10. The summed E-state index contributed by atoms with van der Waals surface area (Å²) in [5.74, 6) is 0.365. The van der Waals surface area contributed by atoms with Crippen molar-refractivity contribution >= 4 is 28.2 Å². The summed E-state index contributed by atoms with van der Waals surface area (Å²) in [5.41, 5.74) is 3.59. The van der Waals surface area contributed by atoms with Gasteiger partial charge in [-0.2, -0.15) is 0 Å². The van der Waals surface area contributed by atoms with E-state index < -0.39 is 0 Å². The second-order valence-electron chi connectivity index (χ2n) is 10.7. The first-order valence-electron chi connectivity index (χ1n) is 13.9. The molecule has 2 aliphatic rings. The van der Waals surface area contributed by atoms with Gasteiger partial charge >= 0.3 is 0 Å². The molecular weight excluding hydrogens is 498 g/mol. The first-order valence-corrected chi connectivity index (χ1v) is 14.3. The standard InChI is InChI=1S/C31H42ClN3O3/c1-7-37-30-20-24-19-25(12-14-29(24)35(21(2)3)31(30)36)33(6)23(5)28(32)13-11-22(4)34-17-15-27(16-18-34)38-26-9-8-10-26/h11-14,19-21,26-27H,5,7-10,15-18H2,1-4,6H3/b22-11+,28-13+. The fourth-order valence-corrected chi connectivity index (χ4v) is 5.31. The van der Waals surface area contributed by atoms with Crippen LogP contribution in [0.2, 0.25) is 0 Å². The fourth-order valence-electron chi connectivity index (χ4n) is 5.12. The van der Waals surface area contributed by atoms with Crippen molar-refractivity contribution in [3.63, 3.8) is 0 Å². The summed E-state index contributed by atoms with van der Waals surface area (Å²) in [4.78, 5) is 17.3. The zero-order valence-corrected chi connectivity index (χ0v) is 24.3. The summed E-state index contributed by atoms with van der Waals surface area (Å²) >= 11 is 6.71. The van der Waals surface area contributed by atoms with Crippen LogP contribution < -0.4 is 15.2 Å². The molecule has 0 bridgehead atoms. The van der Waals surface area contributed by atoms with Crippen molar-refractivity contribution in [3.8, 4) is 5.75 Å². The summed E-state index contributed by atoms with van der Waals surface area (Å²) < 4.78 is 13.6. The van der Waals surface area contributed by atoms with E-state index in [0.717, 1.165) is 42.5 Å². The van der Waals surface area contributed by atoms with Crippen molar-refractivity contribution in [1.29, 1.82) is 0 Å². The number of fused-ring (bicyclic) bond motifs is 1. The highest BCUT2D eigenvalue weighted by molar-refractivity contribution is 6.32. The number of hydrogen-bond donors (Lipinski definition) is 0. The first kappa shape index (κ1) is 28.3. The summed E-state index contributed by atoms with van der Waals surface area (Å²) in [5, 5.41) is 1.51. The van der Waals surface area contributed by atoms with Crippen molar-refractivity contribution in [1.82, 2.24) is 9.47 Å². The molecular formula is C31H42ClN3O3. The average Bonchev–Trinajstić information content (AvgIpc) is 2.88. The summed E-state index contributed by atoms with van der Waals surface area (Å²) in [7, 11) is 1.95. The van der Waals surface area contributed by atoms with E-state index in [4.69, 9.17) is 21.1 Å². The van der Waals surface area contributed by atoms with Crippen molar-refractivity contribution in [2.75, 3.05) is 31.6 Å². The van der Waals surface area contributed by atoms with Gasteiger partial charge in [-0.3, -0.25) is 4.79 Å². The van der Waals surface area contributed by atoms with E-state index in [0.29, 0.717) is 35.3 Å². The smallest absolute Gasteiger partial charge is 0.293 e. The molecule has 1 saturated heterocycles. The van der Waals surface area contributed by atoms with E-state index in [9.17, 15) is 4.79 Å². The van der Waals surface area contributed by atoms with E-state index in [2.05, 4.69) is 24.5 Å². The van der Waals surface area contributed by atoms with Crippen LogP contribution in [0.4, 0.5) is 5.69 Å². The van der Waals surface area contributed by atoms with Crippen LogP contribution in [-0.2, 0) is 4.74 Å². The number of ether oxygens (including phenoxy) is 2. The normalized spacial score (nSPS) is 17.7. The number of benzene rings is 1. The molecule has 2 heterocycles. The Hall–Kier alpha value is -2.70. The van der Waals surface area contributed by atoms with Gasteiger partial charge in [0.2, 0.25) is 0 Å². The molecule has 7 heteroatoms. The van der Waals surface area contributed by atoms with Crippen LogP contribution in [0.15, 0.2) is 64.2 Å².